The molecule has 0 radical (unpaired) electrons. The fourth-order valence-electron chi connectivity index (χ4n) is 2.18. The summed E-state index contributed by atoms with van der Waals surface area (Å²) in [6, 6.07) is 11.0. The average Bonchev–Trinajstić information content (AvgIpc) is 2.95. The van der Waals surface area contributed by atoms with Gasteiger partial charge in [0.25, 0.3) is 0 Å². The maximum absolute atomic E-state index is 12.0. The Balaban J connectivity index is 1.76. The summed E-state index contributed by atoms with van der Waals surface area (Å²) in [6.07, 6.45) is 4.36. The van der Waals surface area contributed by atoms with Gasteiger partial charge in [0.15, 0.2) is 15.5 Å². The fraction of sp³-hybridized carbons (Fsp3) is 0.188. The number of imidazole rings is 1. The normalized spacial score (nSPS) is 11.5. The molecule has 2 aromatic heterocycles. The molecule has 0 unspecified atom stereocenters. The monoisotopic (exact) mass is 345 g/mol. The van der Waals surface area contributed by atoms with Crippen LogP contribution in [0, 0.1) is 0 Å². The number of nitrogens with zero attached hydrogens (tertiary/aromatic N) is 3. The maximum atomic E-state index is 12.0. The van der Waals surface area contributed by atoms with E-state index in [0.29, 0.717) is 17.6 Å². The average molecular weight is 345 g/mol. The van der Waals surface area contributed by atoms with Crippen LogP contribution >= 0.6 is 0 Å². The van der Waals surface area contributed by atoms with Crippen molar-refractivity contribution < 1.29 is 18.0 Å². The van der Waals surface area contributed by atoms with Crippen LogP contribution in [-0.2, 0) is 21.1 Å². The number of hydrogen-bond acceptors (Lipinski definition) is 6. The Morgan fingerprint density at radius 2 is 1.96 bits per heavy atom. The van der Waals surface area contributed by atoms with Crippen molar-refractivity contribution in [3.63, 3.8) is 0 Å². The molecule has 0 atom stereocenters. The van der Waals surface area contributed by atoms with Crippen LogP contribution in [0.3, 0.4) is 0 Å². The molecule has 0 spiro atoms. The van der Waals surface area contributed by atoms with Crippen molar-refractivity contribution in [2.75, 3.05) is 6.26 Å². The molecule has 2 heterocycles. The molecule has 0 aliphatic rings. The van der Waals surface area contributed by atoms with E-state index < -0.39 is 15.8 Å². The van der Waals surface area contributed by atoms with Gasteiger partial charge in [-0.3, -0.25) is 0 Å². The number of rotatable bonds is 5. The van der Waals surface area contributed by atoms with Crippen molar-refractivity contribution in [2.45, 2.75) is 17.7 Å². The SMILES string of the molecule is CS(=O)(=O)c1cnc2ncn(OC(=O)CCc3ccccc3)c2c1. The zero-order valence-electron chi connectivity index (χ0n) is 12.9. The van der Waals surface area contributed by atoms with Crippen LogP contribution < -0.4 is 4.84 Å². The Hall–Kier alpha value is -2.74. The van der Waals surface area contributed by atoms with Gasteiger partial charge in [-0.2, -0.15) is 4.73 Å². The highest BCUT2D eigenvalue weighted by atomic mass is 32.2. The van der Waals surface area contributed by atoms with Crippen molar-refractivity contribution in [1.29, 1.82) is 0 Å². The zero-order chi connectivity index (χ0) is 17.2. The van der Waals surface area contributed by atoms with E-state index in [1.54, 1.807) is 0 Å². The molecule has 24 heavy (non-hydrogen) atoms. The third-order valence-electron chi connectivity index (χ3n) is 3.43. The van der Waals surface area contributed by atoms with Gasteiger partial charge in [0.2, 0.25) is 0 Å². The summed E-state index contributed by atoms with van der Waals surface area (Å²) in [5, 5.41) is 0. The lowest BCUT2D eigenvalue weighted by Crippen LogP contribution is -2.19. The molecule has 0 fully saturated rings. The molecule has 8 heteroatoms. The first kappa shape index (κ1) is 16.1. The smallest absolute Gasteiger partial charge is 0.333 e. The lowest BCUT2D eigenvalue weighted by molar-refractivity contribution is -0.143. The number of sulfone groups is 1. The molecule has 0 amide bonds. The number of aryl methyl sites for hydroxylation is 1. The molecule has 0 bridgehead atoms. The lowest BCUT2D eigenvalue weighted by atomic mass is 10.1. The number of fused-ring (bicyclic) bond motifs is 1. The van der Waals surface area contributed by atoms with E-state index in [2.05, 4.69) is 9.97 Å². The quantitative estimate of drug-likeness (QED) is 0.694. The van der Waals surface area contributed by atoms with Crippen molar-refractivity contribution in [2.24, 2.45) is 0 Å². The number of carbonyl (C=O) groups is 1. The predicted octanol–water partition coefficient (Wildman–Crippen LogP) is 1.42. The maximum Gasteiger partial charge on any atom is 0.333 e. The number of pyridine rings is 1. The van der Waals surface area contributed by atoms with Gasteiger partial charge in [0.1, 0.15) is 11.8 Å². The molecule has 1 aromatic carbocycles. The highest BCUT2D eigenvalue weighted by Gasteiger charge is 2.14. The van der Waals surface area contributed by atoms with Gasteiger partial charge >= 0.3 is 5.97 Å². The Kier molecular flexibility index (Phi) is 4.30. The Morgan fingerprint density at radius 3 is 2.67 bits per heavy atom. The molecule has 0 saturated carbocycles. The van der Waals surface area contributed by atoms with Crippen molar-refractivity contribution in [3.8, 4) is 0 Å². The van der Waals surface area contributed by atoms with E-state index in [1.807, 2.05) is 30.3 Å². The van der Waals surface area contributed by atoms with E-state index in [0.717, 1.165) is 16.5 Å². The van der Waals surface area contributed by atoms with E-state index in [-0.39, 0.29) is 11.3 Å². The summed E-state index contributed by atoms with van der Waals surface area (Å²) >= 11 is 0. The zero-order valence-corrected chi connectivity index (χ0v) is 13.7. The first-order valence-electron chi connectivity index (χ1n) is 7.22. The third kappa shape index (κ3) is 3.60. The van der Waals surface area contributed by atoms with Gasteiger partial charge in [-0.1, -0.05) is 30.3 Å². The molecule has 0 aliphatic carbocycles. The fourth-order valence-corrected chi connectivity index (χ4v) is 2.75. The largest absolute Gasteiger partial charge is 0.335 e. The molecular weight excluding hydrogens is 330 g/mol. The molecule has 3 rings (SSSR count). The van der Waals surface area contributed by atoms with Gasteiger partial charge < -0.3 is 4.84 Å². The topological polar surface area (TPSA) is 91.2 Å². The number of hydrogen-bond donors (Lipinski definition) is 0. The summed E-state index contributed by atoms with van der Waals surface area (Å²) in [5.41, 5.74) is 1.66. The summed E-state index contributed by atoms with van der Waals surface area (Å²) in [5.74, 6) is -0.442. The Bertz CT molecular complexity index is 981. The van der Waals surface area contributed by atoms with Crippen LogP contribution in [0.1, 0.15) is 12.0 Å². The van der Waals surface area contributed by atoms with Crippen LogP contribution in [0.25, 0.3) is 11.2 Å². The molecule has 3 aromatic rings. The van der Waals surface area contributed by atoms with Gasteiger partial charge in [0, 0.05) is 12.5 Å². The molecular formula is C16H15N3O4S. The highest BCUT2D eigenvalue weighted by Crippen LogP contribution is 2.15. The molecule has 7 nitrogen and oxygen atoms in total. The van der Waals surface area contributed by atoms with Crippen LogP contribution in [0.4, 0.5) is 0 Å². The van der Waals surface area contributed by atoms with Crippen LogP contribution in [0.2, 0.25) is 0 Å². The second-order valence-electron chi connectivity index (χ2n) is 5.31. The van der Waals surface area contributed by atoms with Crippen molar-refractivity contribution in [3.05, 3.63) is 54.5 Å². The standard InChI is InChI=1S/C16H15N3O4S/c1-24(21,22)13-9-14-16(17-10-13)18-11-19(14)23-15(20)8-7-12-5-3-2-4-6-12/h2-6,9-11H,7-8H2,1H3. The molecule has 0 aliphatic heterocycles. The van der Waals surface area contributed by atoms with Crippen LogP contribution in [0.5, 0.6) is 0 Å². The van der Waals surface area contributed by atoms with Gasteiger partial charge in [-0.25, -0.2) is 23.2 Å². The van der Waals surface area contributed by atoms with E-state index in [1.165, 1.54) is 18.6 Å². The van der Waals surface area contributed by atoms with Crippen molar-refractivity contribution in [1.82, 2.24) is 14.7 Å². The molecule has 124 valence electrons. The second-order valence-corrected chi connectivity index (χ2v) is 7.32. The van der Waals surface area contributed by atoms with Gasteiger partial charge in [-0.05, 0) is 18.1 Å². The lowest BCUT2D eigenvalue weighted by Gasteiger charge is -2.06. The van der Waals surface area contributed by atoms with E-state index in [4.69, 9.17) is 4.84 Å². The van der Waals surface area contributed by atoms with E-state index in [9.17, 15) is 13.2 Å². The number of aromatic nitrogens is 3. The summed E-state index contributed by atoms with van der Waals surface area (Å²) in [7, 11) is -3.41. The summed E-state index contributed by atoms with van der Waals surface area (Å²) in [6.45, 7) is 0. The minimum Gasteiger partial charge on any atom is -0.335 e. The van der Waals surface area contributed by atoms with Crippen molar-refractivity contribution >= 4 is 27.0 Å². The summed E-state index contributed by atoms with van der Waals surface area (Å²) in [4.78, 5) is 25.2. The third-order valence-corrected chi connectivity index (χ3v) is 4.51. The Morgan fingerprint density at radius 1 is 1.21 bits per heavy atom. The van der Waals surface area contributed by atoms with E-state index >= 15 is 0 Å². The molecule has 0 N–H and O–H groups in total. The summed E-state index contributed by atoms with van der Waals surface area (Å²) < 4.78 is 24.4. The van der Waals surface area contributed by atoms with Crippen LogP contribution in [-0.4, -0.2) is 35.3 Å². The Labute approximate surface area is 138 Å². The molecule has 0 saturated heterocycles. The first-order valence-corrected chi connectivity index (χ1v) is 9.11. The van der Waals surface area contributed by atoms with Gasteiger partial charge in [0.05, 0.1) is 11.3 Å². The van der Waals surface area contributed by atoms with Gasteiger partial charge in [-0.15, -0.1) is 0 Å². The number of carbonyl (C=O) groups excluding carboxylic acids is 1. The first-order chi connectivity index (χ1) is 11.4. The predicted molar refractivity (Wildman–Crippen MR) is 87.0 cm³/mol. The number of benzene rings is 1. The van der Waals surface area contributed by atoms with Crippen LogP contribution in [0.15, 0.2) is 53.8 Å². The minimum absolute atomic E-state index is 0.0390. The minimum atomic E-state index is -3.41. The highest BCUT2D eigenvalue weighted by molar-refractivity contribution is 7.90. The second kappa shape index (κ2) is 6.40.